The zero-order valence-electron chi connectivity index (χ0n) is 14.6. The number of hydrogen-bond donors (Lipinski definition) is 0. The largest absolute Gasteiger partial charge is 0.447 e. The van der Waals surface area contributed by atoms with Crippen molar-refractivity contribution in [3.63, 3.8) is 0 Å². The smallest absolute Gasteiger partial charge is 0.416 e. The standard InChI is InChI=1S/C19H26N2O4/c22-18(8-4-5-9-20-10-12-24-13-11-20)21-17(15-25-19(21)23)14-16-6-2-1-3-7-16/h1-3,6-7,17H,4-5,8-15H2/t17-/m0/s1. The van der Waals surface area contributed by atoms with Crippen molar-refractivity contribution in [1.82, 2.24) is 9.80 Å². The van der Waals surface area contributed by atoms with E-state index >= 15 is 0 Å². The molecular weight excluding hydrogens is 320 g/mol. The molecule has 0 bridgehead atoms. The van der Waals surface area contributed by atoms with Gasteiger partial charge in [0.1, 0.15) is 6.61 Å². The zero-order valence-corrected chi connectivity index (χ0v) is 14.6. The van der Waals surface area contributed by atoms with Crippen molar-refractivity contribution in [2.24, 2.45) is 0 Å². The topological polar surface area (TPSA) is 59.1 Å². The van der Waals surface area contributed by atoms with E-state index in [4.69, 9.17) is 9.47 Å². The van der Waals surface area contributed by atoms with Crippen molar-refractivity contribution >= 4 is 12.0 Å². The summed E-state index contributed by atoms with van der Waals surface area (Å²) in [7, 11) is 0. The van der Waals surface area contributed by atoms with Crippen molar-refractivity contribution in [2.45, 2.75) is 31.7 Å². The highest BCUT2D eigenvalue weighted by atomic mass is 16.6. The summed E-state index contributed by atoms with van der Waals surface area (Å²) in [4.78, 5) is 28.1. The van der Waals surface area contributed by atoms with Gasteiger partial charge >= 0.3 is 6.09 Å². The predicted molar refractivity (Wildman–Crippen MR) is 93.2 cm³/mol. The first-order valence-corrected chi connectivity index (χ1v) is 9.07. The maximum Gasteiger partial charge on any atom is 0.416 e. The lowest BCUT2D eigenvalue weighted by Gasteiger charge is -2.26. The second kappa shape index (κ2) is 8.97. The minimum absolute atomic E-state index is 0.120. The van der Waals surface area contributed by atoms with E-state index in [1.807, 2.05) is 30.3 Å². The summed E-state index contributed by atoms with van der Waals surface area (Å²) in [5.41, 5.74) is 1.11. The lowest BCUT2D eigenvalue weighted by Crippen LogP contribution is -2.40. The Kier molecular flexibility index (Phi) is 6.42. The SMILES string of the molecule is O=C(CCCCN1CCOCC1)N1C(=O)OC[C@@H]1Cc1ccccc1. The average Bonchev–Trinajstić information content (AvgIpc) is 3.00. The molecule has 3 rings (SSSR count). The van der Waals surface area contributed by atoms with Gasteiger partial charge in [-0.1, -0.05) is 30.3 Å². The summed E-state index contributed by atoms with van der Waals surface area (Å²) in [6, 6.07) is 9.70. The molecule has 0 spiro atoms. The first-order chi connectivity index (χ1) is 12.2. The monoisotopic (exact) mass is 346 g/mol. The summed E-state index contributed by atoms with van der Waals surface area (Å²) >= 11 is 0. The highest BCUT2D eigenvalue weighted by Crippen LogP contribution is 2.19. The van der Waals surface area contributed by atoms with E-state index in [-0.39, 0.29) is 18.6 Å². The van der Waals surface area contributed by atoms with Crippen molar-refractivity contribution in [2.75, 3.05) is 39.5 Å². The number of amides is 2. The van der Waals surface area contributed by atoms with E-state index in [9.17, 15) is 9.59 Å². The van der Waals surface area contributed by atoms with Gasteiger partial charge in [0.25, 0.3) is 0 Å². The minimum atomic E-state index is -0.501. The van der Waals surface area contributed by atoms with E-state index < -0.39 is 6.09 Å². The number of nitrogens with zero attached hydrogens (tertiary/aromatic N) is 2. The Morgan fingerprint density at radius 2 is 1.88 bits per heavy atom. The average molecular weight is 346 g/mol. The van der Waals surface area contributed by atoms with Gasteiger partial charge in [0.15, 0.2) is 0 Å². The van der Waals surface area contributed by atoms with Crippen LogP contribution in [0.1, 0.15) is 24.8 Å². The molecule has 1 atom stereocenters. The fraction of sp³-hybridized carbons (Fsp3) is 0.579. The molecule has 6 heteroatoms. The van der Waals surface area contributed by atoms with Gasteiger partial charge in [-0.15, -0.1) is 0 Å². The fourth-order valence-electron chi connectivity index (χ4n) is 3.36. The zero-order chi connectivity index (χ0) is 17.5. The molecule has 2 heterocycles. The Balaban J connectivity index is 1.44. The van der Waals surface area contributed by atoms with Gasteiger partial charge in [-0.05, 0) is 31.4 Å². The summed E-state index contributed by atoms with van der Waals surface area (Å²) in [5.74, 6) is -0.120. The van der Waals surface area contributed by atoms with Crippen molar-refractivity contribution in [3.05, 3.63) is 35.9 Å². The summed E-state index contributed by atoms with van der Waals surface area (Å²) in [6.45, 7) is 4.78. The van der Waals surface area contributed by atoms with E-state index in [1.165, 1.54) is 4.90 Å². The van der Waals surface area contributed by atoms with Crippen LogP contribution in [0.25, 0.3) is 0 Å². The quantitative estimate of drug-likeness (QED) is 0.708. The highest BCUT2D eigenvalue weighted by Gasteiger charge is 2.37. The van der Waals surface area contributed by atoms with Crippen LogP contribution in [0.2, 0.25) is 0 Å². The second-order valence-corrected chi connectivity index (χ2v) is 6.60. The van der Waals surface area contributed by atoms with Crippen molar-refractivity contribution < 1.29 is 19.1 Å². The molecule has 2 amide bonds. The second-order valence-electron chi connectivity index (χ2n) is 6.60. The molecule has 2 saturated heterocycles. The predicted octanol–water partition coefficient (Wildman–Crippen LogP) is 2.08. The van der Waals surface area contributed by atoms with Crippen LogP contribution < -0.4 is 0 Å². The first-order valence-electron chi connectivity index (χ1n) is 9.07. The third kappa shape index (κ3) is 5.03. The van der Waals surface area contributed by atoms with Crippen molar-refractivity contribution in [1.29, 1.82) is 0 Å². The molecule has 2 fully saturated rings. The van der Waals surface area contributed by atoms with Crippen LogP contribution in [0.15, 0.2) is 30.3 Å². The number of morpholine rings is 1. The van der Waals surface area contributed by atoms with Gasteiger partial charge in [-0.25, -0.2) is 9.69 Å². The molecule has 0 aliphatic carbocycles. The highest BCUT2D eigenvalue weighted by molar-refractivity contribution is 5.93. The molecule has 0 unspecified atom stereocenters. The third-order valence-corrected chi connectivity index (χ3v) is 4.76. The summed E-state index contributed by atoms with van der Waals surface area (Å²) in [6.07, 6.45) is 2.28. The Labute approximate surface area is 148 Å². The maximum atomic E-state index is 12.5. The molecule has 0 radical (unpaired) electrons. The molecule has 6 nitrogen and oxygen atoms in total. The van der Waals surface area contributed by atoms with Crippen LogP contribution in [-0.2, 0) is 20.7 Å². The lowest BCUT2D eigenvalue weighted by molar-refractivity contribution is -0.129. The summed E-state index contributed by atoms with van der Waals surface area (Å²) < 4.78 is 10.4. The summed E-state index contributed by atoms with van der Waals surface area (Å²) in [5, 5.41) is 0. The number of imide groups is 1. The van der Waals surface area contributed by atoms with Gasteiger partial charge in [0.2, 0.25) is 5.91 Å². The van der Waals surface area contributed by atoms with E-state index in [1.54, 1.807) is 0 Å². The van der Waals surface area contributed by atoms with Crippen LogP contribution in [0.3, 0.4) is 0 Å². The van der Waals surface area contributed by atoms with Gasteiger partial charge in [-0.3, -0.25) is 9.69 Å². The number of carbonyl (C=O) groups excluding carboxylic acids is 2. The molecule has 1 aromatic rings. The Morgan fingerprint density at radius 3 is 2.64 bits per heavy atom. The number of ether oxygens (including phenoxy) is 2. The molecule has 0 N–H and O–H groups in total. The number of unbranched alkanes of at least 4 members (excludes halogenated alkanes) is 1. The lowest BCUT2D eigenvalue weighted by atomic mass is 10.1. The fourth-order valence-corrected chi connectivity index (χ4v) is 3.36. The number of benzene rings is 1. The molecule has 0 aromatic heterocycles. The Bertz CT molecular complexity index is 572. The number of carbonyl (C=O) groups is 2. The van der Waals surface area contributed by atoms with E-state index in [0.29, 0.717) is 12.8 Å². The van der Waals surface area contributed by atoms with Crippen LogP contribution >= 0.6 is 0 Å². The van der Waals surface area contributed by atoms with Crippen LogP contribution in [0, 0.1) is 0 Å². The molecule has 1 aromatic carbocycles. The molecule has 136 valence electrons. The van der Waals surface area contributed by atoms with E-state index in [2.05, 4.69) is 4.90 Å². The third-order valence-electron chi connectivity index (χ3n) is 4.76. The normalized spacial score (nSPS) is 21.4. The Hall–Kier alpha value is -1.92. The first kappa shape index (κ1) is 17.9. The van der Waals surface area contributed by atoms with Crippen molar-refractivity contribution in [3.8, 4) is 0 Å². The molecule has 0 saturated carbocycles. The van der Waals surface area contributed by atoms with Gasteiger partial charge in [0, 0.05) is 19.5 Å². The number of cyclic esters (lactones) is 1. The minimum Gasteiger partial charge on any atom is -0.447 e. The van der Waals surface area contributed by atoms with E-state index in [0.717, 1.165) is 51.3 Å². The molecule has 25 heavy (non-hydrogen) atoms. The molecule has 2 aliphatic heterocycles. The number of hydrogen-bond acceptors (Lipinski definition) is 5. The molecular formula is C19H26N2O4. The van der Waals surface area contributed by atoms with Gasteiger partial charge in [0.05, 0.1) is 19.3 Å². The van der Waals surface area contributed by atoms with Gasteiger partial charge in [-0.2, -0.15) is 0 Å². The Morgan fingerprint density at radius 1 is 1.12 bits per heavy atom. The van der Waals surface area contributed by atoms with Gasteiger partial charge < -0.3 is 9.47 Å². The van der Waals surface area contributed by atoms with Crippen LogP contribution in [-0.4, -0.2) is 67.3 Å². The van der Waals surface area contributed by atoms with Crippen LogP contribution in [0.5, 0.6) is 0 Å². The van der Waals surface area contributed by atoms with Crippen LogP contribution in [0.4, 0.5) is 4.79 Å². The molecule has 2 aliphatic rings. The maximum absolute atomic E-state index is 12.5. The number of rotatable bonds is 7.